The van der Waals surface area contributed by atoms with Crippen LogP contribution in [0.15, 0.2) is 53.9 Å². The largest absolute Gasteiger partial charge is 0.497 e. The molecule has 34 heavy (non-hydrogen) atoms. The molecule has 1 aliphatic rings. The van der Waals surface area contributed by atoms with Gasteiger partial charge in [-0.15, -0.1) is 11.3 Å². The number of carbonyl (C=O) groups is 1. The second-order valence-corrected chi connectivity index (χ2v) is 9.14. The molecule has 1 saturated heterocycles. The number of carbonyl (C=O) groups excluding carboxylic acids is 1. The number of hydrogen-bond donors (Lipinski definition) is 0. The molecule has 1 fully saturated rings. The lowest BCUT2D eigenvalue weighted by molar-refractivity contribution is 0.0299. The van der Waals surface area contributed by atoms with E-state index in [4.69, 9.17) is 19.2 Å². The van der Waals surface area contributed by atoms with Gasteiger partial charge in [0.2, 0.25) is 0 Å². The standard InChI is InChI=1S/C26H31N3O4S/c1-19(20-7-5-4-6-8-20)29(16-21-9-10-22(31-2)15-24(21)32-3)17-25-27-23(18-34-25)26(30)28-11-13-33-14-12-28/h4-10,15,18-19H,11-14,16-17H2,1-3H3. The molecule has 8 heteroatoms. The molecule has 1 aliphatic heterocycles. The van der Waals surface area contributed by atoms with Crippen LogP contribution in [0.5, 0.6) is 11.5 Å². The van der Waals surface area contributed by atoms with Crippen molar-refractivity contribution in [1.29, 1.82) is 0 Å². The number of aromatic nitrogens is 1. The third-order valence-corrected chi connectivity index (χ3v) is 6.94. The molecular weight excluding hydrogens is 450 g/mol. The van der Waals surface area contributed by atoms with Crippen LogP contribution in [-0.4, -0.2) is 61.2 Å². The third-order valence-electron chi connectivity index (χ3n) is 6.10. The van der Waals surface area contributed by atoms with Gasteiger partial charge < -0.3 is 19.1 Å². The minimum absolute atomic E-state index is 0.0229. The lowest BCUT2D eigenvalue weighted by Crippen LogP contribution is -2.40. The van der Waals surface area contributed by atoms with Crippen molar-refractivity contribution in [3.8, 4) is 11.5 Å². The average molecular weight is 482 g/mol. The van der Waals surface area contributed by atoms with E-state index in [9.17, 15) is 4.79 Å². The van der Waals surface area contributed by atoms with Gasteiger partial charge in [0, 0.05) is 42.7 Å². The fourth-order valence-corrected chi connectivity index (χ4v) is 4.85. The number of ether oxygens (including phenoxy) is 3. The van der Waals surface area contributed by atoms with Crippen molar-refractivity contribution < 1.29 is 19.0 Å². The third kappa shape index (κ3) is 5.75. The van der Waals surface area contributed by atoms with Crippen LogP contribution in [0.2, 0.25) is 0 Å². The molecule has 1 amide bonds. The molecule has 0 aliphatic carbocycles. The number of amides is 1. The zero-order chi connectivity index (χ0) is 23.9. The van der Waals surface area contributed by atoms with Crippen LogP contribution in [0.4, 0.5) is 0 Å². The molecule has 0 saturated carbocycles. The molecule has 0 radical (unpaired) electrons. The summed E-state index contributed by atoms with van der Waals surface area (Å²) in [7, 11) is 3.32. The first kappa shape index (κ1) is 24.2. The Kier molecular flexibility index (Phi) is 8.16. The lowest BCUT2D eigenvalue weighted by atomic mass is 10.1. The monoisotopic (exact) mass is 481 g/mol. The number of hydrogen-bond acceptors (Lipinski definition) is 7. The zero-order valence-corrected chi connectivity index (χ0v) is 20.7. The van der Waals surface area contributed by atoms with E-state index in [0.717, 1.165) is 22.1 Å². The summed E-state index contributed by atoms with van der Waals surface area (Å²) in [5, 5.41) is 2.78. The Labute approximate surface area is 204 Å². The maximum absolute atomic E-state index is 12.9. The molecule has 1 unspecified atom stereocenters. The van der Waals surface area contributed by atoms with Gasteiger partial charge in [-0.1, -0.05) is 36.4 Å². The van der Waals surface area contributed by atoms with Crippen molar-refractivity contribution in [3.63, 3.8) is 0 Å². The van der Waals surface area contributed by atoms with Crippen molar-refractivity contribution >= 4 is 17.2 Å². The molecule has 0 spiro atoms. The van der Waals surface area contributed by atoms with Crippen LogP contribution in [-0.2, 0) is 17.8 Å². The molecule has 4 rings (SSSR count). The summed E-state index contributed by atoms with van der Waals surface area (Å²) >= 11 is 1.53. The van der Waals surface area contributed by atoms with E-state index < -0.39 is 0 Å². The number of thiazole rings is 1. The summed E-state index contributed by atoms with van der Waals surface area (Å²) in [5.74, 6) is 1.52. The molecule has 180 valence electrons. The van der Waals surface area contributed by atoms with Gasteiger partial charge in [0.05, 0.1) is 34.0 Å². The van der Waals surface area contributed by atoms with Crippen molar-refractivity contribution in [1.82, 2.24) is 14.8 Å². The van der Waals surface area contributed by atoms with Gasteiger partial charge in [0.1, 0.15) is 22.2 Å². The van der Waals surface area contributed by atoms with Gasteiger partial charge in [0.25, 0.3) is 5.91 Å². The Balaban J connectivity index is 1.57. The maximum Gasteiger partial charge on any atom is 0.273 e. The lowest BCUT2D eigenvalue weighted by Gasteiger charge is -2.29. The first-order valence-electron chi connectivity index (χ1n) is 11.4. The first-order valence-corrected chi connectivity index (χ1v) is 12.3. The quantitative estimate of drug-likeness (QED) is 0.452. The Morgan fingerprint density at radius 2 is 1.88 bits per heavy atom. The Hall–Kier alpha value is -2.94. The van der Waals surface area contributed by atoms with Gasteiger partial charge in [-0.25, -0.2) is 4.98 Å². The topological polar surface area (TPSA) is 64.1 Å². The van der Waals surface area contributed by atoms with E-state index >= 15 is 0 Å². The van der Waals surface area contributed by atoms with Gasteiger partial charge in [0.15, 0.2) is 0 Å². The van der Waals surface area contributed by atoms with E-state index in [1.54, 1.807) is 14.2 Å². The zero-order valence-electron chi connectivity index (χ0n) is 19.9. The highest BCUT2D eigenvalue weighted by atomic mass is 32.1. The van der Waals surface area contributed by atoms with Crippen molar-refractivity contribution in [2.45, 2.75) is 26.1 Å². The van der Waals surface area contributed by atoms with E-state index in [-0.39, 0.29) is 11.9 Å². The molecule has 2 aromatic carbocycles. The number of methoxy groups -OCH3 is 2. The molecule has 0 bridgehead atoms. The second-order valence-electron chi connectivity index (χ2n) is 8.20. The van der Waals surface area contributed by atoms with Crippen molar-refractivity contribution in [2.75, 3.05) is 40.5 Å². The molecular formula is C26H31N3O4S. The van der Waals surface area contributed by atoms with Crippen LogP contribution in [0.1, 0.15) is 39.6 Å². The summed E-state index contributed by atoms with van der Waals surface area (Å²) in [6, 6.07) is 16.4. The molecule has 2 heterocycles. The number of morpholine rings is 1. The van der Waals surface area contributed by atoms with Gasteiger partial charge in [-0.3, -0.25) is 9.69 Å². The van der Waals surface area contributed by atoms with Crippen molar-refractivity contribution in [3.05, 3.63) is 75.7 Å². The van der Waals surface area contributed by atoms with Crippen LogP contribution in [0.3, 0.4) is 0 Å². The SMILES string of the molecule is COc1ccc(CN(Cc2nc(C(=O)N3CCOCC3)cs2)C(C)c2ccccc2)c(OC)c1. The fraction of sp³-hybridized carbons (Fsp3) is 0.385. The highest BCUT2D eigenvalue weighted by molar-refractivity contribution is 7.09. The molecule has 3 aromatic rings. The minimum atomic E-state index is -0.0229. The van der Waals surface area contributed by atoms with Crippen LogP contribution in [0.25, 0.3) is 0 Å². The van der Waals surface area contributed by atoms with E-state index in [1.165, 1.54) is 16.9 Å². The van der Waals surface area contributed by atoms with E-state index in [1.807, 2.05) is 34.5 Å². The van der Waals surface area contributed by atoms with Gasteiger partial charge in [-0.2, -0.15) is 0 Å². The number of benzene rings is 2. The summed E-state index contributed by atoms with van der Waals surface area (Å²) in [4.78, 5) is 21.7. The maximum atomic E-state index is 12.9. The Bertz CT molecular complexity index is 1080. The molecule has 1 aromatic heterocycles. The summed E-state index contributed by atoms with van der Waals surface area (Å²) in [5.41, 5.74) is 2.79. The second kappa shape index (κ2) is 11.5. The highest BCUT2D eigenvalue weighted by Gasteiger charge is 2.23. The molecule has 1 atom stereocenters. The highest BCUT2D eigenvalue weighted by Crippen LogP contribution is 2.31. The van der Waals surface area contributed by atoms with E-state index in [0.29, 0.717) is 45.1 Å². The minimum Gasteiger partial charge on any atom is -0.497 e. The smallest absolute Gasteiger partial charge is 0.273 e. The fourth-order valence-electron chi connectivity index (χ4n) is 4.06. The van der Waals surface area contributed by atoms with Crippen molar-refractivity contribution in [2.24, 2.45) is 0 Å². The van der Waals surface area contributed by atoms with Crippen LogP contribution < -0.4 is 9.47 Å². The molecule has 0 N–H and O–H groups in total. The Morgan fingerprint density at radius 1 is 1.12 bits per heavy atom. The summed E-state index contributed by atoms with van der Waals surface area (Å²) in [6.45, 7) is 5.85. The summed E-state index contributed by atoms with van der Waals surface area (Å²) < 4.78 is 16.4. The number of nitrogens with zero attached hydrogens (tertiary/aromatic N) is 3. The van der Waals surface area contributed by atoms with Gasteiger partial charge in [-0.05, 0) is 18.6 Å². The summed E-state index contributed by atoms with van der Waals surface area (Å²) in [6.07, 6.45) is 0. The normalized spacial score (nSPS) is 14.8. The Morgan fingerprint density at radius 3 is 2.59 bits per heavy atom. The first-order chi connectivity index (χ1) is 16.6. The van der Waals surface area contributed by atoms with E-state index in [2.05, 4.69) is 36.1 Å². The predicted octanol–water partition coefficient (Wildman–Crippen LogP) is 4.40. The predicted molar refractivity (Wildman–Crippen MR) is 132 cm³/mol. The van der Waals surface area contributed by atoms with Crippen LogP contribution in [0, 0.1) is 0 Å². The average Bonchev–Trinajstić information content (AvgIpc) is 3.37. The van der Waals surface area contributed by atoms with Crippen LogP contribution >= 0.6 is 11.3 Å². The molecule has 7 nitrogen and oxygen atoms in total. The van der Waals surface area contributed by atoms with Gasteiger partial charge >= 0.3 is 0 Å². The number of rotatable bonds is 9.